The lowest BCUT2D eigenvalue weighted by Crippen LogP contribution is -2.28. The molecule has 3 fully saturated rings. The molecule has 2 bridgehead atoms. The zero-order chi connectivity index (χ0) is 10.5. The number of rotatable bonds is 3. The first-order chi connectivity index (χ1) is 7.24. The third-order valence-corrected chi connectivity index (χ3v) is 5.83. The molecule has 1 nitrogen and oxygen atoms in total. The van der Waals surface area contributed by atoms with Crippen molar-refractivity contribution in [2.24, 2.45) is 29.1 Å². The highest BCUT2D eigenvalue weighted by Gasteiger charge is 2.58. The van der Waals surface area contributed by atoms with Gasteiger partial charge in [0.1, 0.15) is 6.29 Å². The van der Waals surface area contributed by atoms with Crippen LogP contribution >= 0.6 is 0 Å². The first-order valence-corrected chi connectivity index (χ1v) is 6.67. The van der Waals surface area contributed by atoms with Gasteiger partial charge in [-0.25, -0.2) is 0 Å². The van der Waals surface area contributed by atoms with Crippen LogP contribution in [0, 0.1) is 29.1 Å². The summed E-state index contributed by atoms with van der Waals surface area (Å²) in [6.45, 7) is 2.54. The van der Waals surface area contributed by atoms with Crippen LogP contribution in [0.5, 0.6) is 0 Å². The van der Waals surface area contributed by atoms with E-state index in [9.17, 15) is 4.79 Å². The molecule has 1 heteroatoms. The fraction of sp³-hybridized carbons (Fsp3) is 0.929. The fourth-order valence-electron chi connectivity index (χ4n) is 5.19. The van der Waals surface area contributed by atoms with Crippen molar-refractivity contribution in [1.82, 2.24) is 0 Å². The molecule has 15 heavy (non-hydrogen) atoms. The van der Waals surface area contributed by atoms with Gasteiger partial charge in [-0.15, -0.1) is 0 Å². The Bertz CT molecular complexity index is 273. The van der Waals surface area contributed by atoms with E-state index in [0.29, 0.717) is 5.41 Å². The molecule has 3 aliphatic carbocycles. The maximum Gasteiger partial charge on any atom is 0.120 e. The molecule has 0 heterocycles. The third-order valence-electron chi connectivity index (χ3n) is 5.83. The first-order valence-electron chi connectivity index (χ1n) is 6.67. The average molecular weight is 206 g/mol. The van der Waals surface area contributed by atoms with Crippen molar-refractivity contribution in [3.63, 3.8) is 0 Å². The topological polar surface area (TPSA) is 17.1 Å². The summed E-state index contributed by atoms with van der Waals surface area (Å²) < 4.78 is 0. The number of aldehydes is 1. The van der Waals surface area contributed by atoms with Crippen molar-refractivity contribution in [2.75, 3.05) is 0 Å². The minimum atomic E-state index is 0.677. The van der Waals surface area contributed by atoms with E-state index < -0.39 is 0 Å². The highest BCUT2D eigenvalue weighted by molar-refractivity contribution is 5.49. The molecular formula is C14H22O. The zero-order valence-electron chi connectivity index (χ0n) is 9.74. The van der Waals surface area contributed by atoms with Crippen LogP contribution < -0.4 is 0 Å². The van der Waals surface area contributed by atoms with Gasteiger partial charge in [0.05, 0.1) is 0 Å². The Balaban J connectivity index is 1.71. The van der Waals surface area contributed by atoms with Crippen LogP contribution in [-0.2, 0) is 4.79 Å². The summed E-state index contributed by atoms with van der Waals surface area (Å²) in [5.41, 5.74) is 0.677. The van der Waals surface area contributed by atoms with Gasteiger partial charge < -0.3 is 4.79 Å². The summed E-state index contributed by atoms with van der Waals surface area (Å²) >= 11 is 0. The molecule has 0 N–H and O–H groups in total. The Morgan fingerprint density at radius 1 is 1.33 bits per heavy atom. The van der Waals surface area contributed by atoms with Crippen LogP contribution in [0.25, 0.3) is 0 Å². The molecule has 5 atom stereocenters. The Labute approximate surface area is 92.6 Å². The SMILES string of the molecule is CC12CC(CCC=O)C[C@@H]1C1CCC2C1. The molecule has 3 aliphatic rings. The Morgan fingerprint density at radius 2 is 2.20 bits per heavy atom. The van der Waals surface area contributed by atoms with E-state index in [-0.39, 0.29) is 0 Å². The second kappa shape index (κ2) is 3.33. The molecule has 4 unspecified atom stereocenters. The van der Waals surface area contributed by atoms with Crippen LogP contribution in [0.4, 0.5) is 0 Å². The van der Waals surface area contributed by atoms with Gasteiger partial charge in [-0.3, -0.25) is 0 Å². The van der Waals surface area contributed by atoms with Gasteiger partial charge in [-0.05, 0) is 67.6 Å². The summed E-state index contributed by atoms with van der Waals surface area (Å²) in [6.07, 6.45) is 10.5. The molecule has 84 valence electrons. The van der Waals surface area contributed by atoms with E-state index in [2.05, 4.69) is 6.92 Å². The third kappa shape index (κ3) is 1.31. The highest BCUT2D eigenvalue weighted by Crippen LogP contribution is 2.67. The van der Waals surface area contributed by atoms with Crippen molar-refractivity contribution in [3.05, 3.63) is 0 Å². The number of fused-ring (bicyclic) bond motifs is 5. The highest BCUT2D eigenvalue weighted by atomic mass is 16.1. The summed E-state index contributed by atoms with van der Waals surface area (Å²) in [5, 5.41) is 0. The van der Waals surface area contributed by atoms with Crippen molar-refractivity contribution in [3.8, 4) is 0 Å². The molecule has 0 aromatic rings. The molecule has 0 aromatic heterocycles. The Morgan fingerprint density at radius 3 is 2.93 bits per heavy atom. The van der Waals surface area contributed by atoms with Crippen molar-refractivity contribution >= 4 is 6.29 Å². The monoisotopic (exact) mass is 206 g/mol. The first kappa shape index (κ1) is 9.86. The maximum atomic E-state index is 10.4. The minimum absolute atomic E-state index is 0.677. The van der Waals surface area contributed by atoms with E-state index in [1.54, 1.807) is 0 Å². The standard InChI is InChI=1S/C14H22O/c1-14-9-10(3-2-6-15)7-13(14)11-4-5-12(14)8-11/h6,10-13H,2-5,7-9H2,1H3/t10?,11?,12?,13-,14?/m1/s1. The van der Waals surface area contributed by atoms with E-state index in [4.69, 9.17) is 0 Å². The van der Waals surface area contributed by atoms with Crippen LogP contribution in [0.1, 0.15) is 51.9 Å². The summed E-state index contributed by atoms with van der Waals surface area (Å²) in [6, 6.07) is 0. The molecule has 0 aliphatic heterocycles. The summed E-state index contributed by atoms with van der Waals surface area (Å²) in [5.74, 6) is 3.98. The molecule has 0 aromatic carbocycles. The van der Waals surface area contributed by atoms with Gasteiger partial charge in [-0.1, -0.05) is 6.92 Å². The van der Waals surface area contributed by atoms with E-state index >= 15 is 0 Å². The largest absolute Gasteiger partial charge is 0.303 e. The summed E-state index contributed by atoms with van der Waals surface area (Å²) in [7, 11) is 0. The molecule has 0 saturated heterocycles. The summed E-state index contributed by atoms with van der Waals surface area (Å²) in [4.78, 5) is 10.4. The van der Waals surface area contributed by atoms with E-state index in [1.807, 2.05) is 0 Å². The second-order valence-corrected chi connectivity index (χ2v) is 6.43. The van der Waals surface area contributed by atoms with Gasteiger partial charge >= 0.3 is 0 Å². The average Bonchev–Trinajstić information content (AvgIpc) is 2.83. The molecule has 0 amide bonds. The van der Waals surface area contributed by atoms with Crippen LogP contribution in [-0.4, -0.2) is 6.29 Å². The zero-order valence-corrected chi connectivity index (χ0v) is 9.74. The molecule has 0 radical (unpaired) electrons. The lowest BCUT2D eigenvalue weighted by molar-refractivity contribution is -0.108. The molecule has 0 spiro atoms. The lowest BCUT2D eigenvalue weighted by atomic mass is 9.69. The van der Waals surface area contributed by atoms with Gasteiger partial charge in [0.2, 0.25) is 0 Å². The van der Waals surface area contributed by atoms with E-state index in [1.165, 1.54) is 32.1 Å². The second-order valence-electron chi connectivity index (χ2n) is 6.43. The van der Waals surface area contributed by atoms with Gasteiger partial charge in [-0.2, -0.15) is 0 Å². The minimum Gasteiger partial charge on any atom is -0.303 e. The lowest BCUT2D eigenvalue weighted by Gasteiger charge is -2.35. The van der Waals surface area contributed by atoms with E-state index in [0.717, 1.165) is 42.8 Å². The Hall–Kier alpha value is -0.330. The van der Waals surface area contributed by atoms with Crippen LogP contribution in [0.15, 0.2) is 0 Å². The van der Waals surface area contributed by atoms with Gasteiger partial charge in [0, 0.05) is 6.42 Å². The maximum absolute atomic E-state index is 10.4. The van der Waals surface area contributed by atoms with Crippen molar-refractivity contribution in [1.29, 1.82) is 0 Å². The van der Waals surface area contributed by atoms with Crippen LogP contribution in [0.3, 0.4) is 0 Å². The van der Waals surface area contributed by atoms with Crippen molar-refractivity contribution < 1.29 is 4.79 Å². The molecule has 3 saturated carbocycles. The number of carbonyl (C=O) groups excluding carboxylic acids is 1. The number of hydrogen-bond acceptors (Lipinski definition) is 1. The fourth-order valence-corrected chi connectivity index (χ4v) is 5.19. The number of hydrogen-bond donors (Lipinski definition) is 0. The number of carbonyl (C=O) groups is 1. The quantitative estimate of drug-likeness (QED) is 0.647. The molecule has 3 rings (SSSR count). The normalized spacial score (nSPS) is 52.1. The smallest absolute Gasteiger partial charge is 0.120 e. The van der Waals surface area contributed by atoms with Crippen molar-refractivity contribution in [2.45, 2.75) is 51.9 Å². The Kier molecular flexibility index (Phi) is 2.19. The van der Waals surface area contributed by atoms with Gasteiger partial charge in [0.15, 0.2) is 0 Å². The molecular weight excluding hydrogens is 184 g/mol. The predicted molar refractivity (Wildman–Crippen MR) is 60.5 cm³/mol. The van der Waals surface area contributed by atoms with Crippen LogP contribution in [0.2, 0.25) is 0 Å². The predicted octanol–water partition coefficient (Wildman–Crippen LogP) is 3.43. The van der Waals surface area contributed by atoms with Gasteiger partial charge in [0.25, 0.3) is 0 Å².